The number of aliphatic hydroxyl groups is 1. The van der Waals surface area contributed by atoms with Crippen LogP contribution < -0.4 is 4.74 Å². The molecular weight excluding hydrogens is 439 g/mol. The van der Waals surface area contributed by atoms with Crippen molar-refractivity contribution >= 4 is 44.2 Å². The maximum atomic E-state index is 14.2. The molecule has 0 saturated heterocycles. The lowest BCUT2D eigenvalue weighted by Gasteiger charge is -2.13. The molecule has 2 aromatic heterocycles. The molecule has 2 bridgehead atoms. The van der Waals surface area contributed by atoms with Crippen molar-refractivity contribution < 1.29 is 23.4 Å². The highest BCUT2D eigenvalue weighted by atomic mass is 79.9. The molecule has 29 heavy (non-hydrogen) atoms. The van der Waals surface area contributed by atoms with Crippen LogP contribution in [0, 0.1) is 5.82 Å². The van der Waals surface area contributed by atoms with Gasteiger partial charge in [-0.25, -0.2) is 4.39 Å². The maximum absolute atomic E-state index is 14.2. The zero-order valence-corrected chi connectivity index (χ0v) is 16.8. The topological polar surface area (TPSA) is 59.7 Å². The van der Waals surface area contributed by atoms with Gasteiger partial charge in [-0.05, 0) is 60.0 Å². The number of allylic oxidation sites excluding steroid dienone is 1. The van der Waals surface area contributed by atoms with Crippen LogP contribution in [0.15, 0.2) is 57.4 Å². The Bertz CT molecular complexity index is 1320. The Morgan fingerprint density at radius 1 is 1.07 bits per heavy atom. The number of carbonyl (C=O) groups excluding carboxylic acids is 1. The van der Waals surface area contributed by atoms with Gasteiger partial charge in [0, 0.05) is 4.47 Å². The van der Waals surface area contributed by atoms with Crippen molar-refractivity contribution in [3.05, 3.63) is 81.1 Å². The van der Waals surface area contributed by atoms with Gasteiger partial charge in [0.2, 0.25) is 5.78 Å². The van der Waals surface area contributed by atoms with E-state index in [1.807, 2.05) is 13.0 Å². The molecule has 2 heterocycles. The van der Waals surface area contributed by atoms with E-state index in [1.165, 1.54) is 12.1 Å². The summed E-state index contributed by atoms with van der Waals surface area (Å²) >= 11 is 3.22. The fourth-order valence-corrected chi connectivity index (χ4v) is 4.10. The Hall–Kier alpha value is -3.12. The Morgan fingerprint density at radius 3 is 2.52 bits per heavy atom. The van der Waals surface area contributed by atoms with Gasteiger partial charge >= 0.3 is 0 Å². The minimum absolute atomic E-state index is 0.0710. The van der Waals surface area contributed by atoms with Crippen molar-refractivity contribution in [2.75, 3.05) is 0 Å². The van der Waals surface area contributed by atoms with Crippen molar-refractivity contribution in [3.63, 3.8) is 0 Å². The van der Waals surface area contributed by atoms with Gasteiger partial charge in [0.25, 0.3) is 0 Å². The van der Waals surface area contributed by atoms with Gasteiger partial charge in [-0.2, -0.15) is 0 Å². The number of Topliss-reactive ketones (excluding diaryl/α,β-unsaturated/α-hetero) is 1. The summed E-state index contributed by atoms with van der Waals surface area (Å²) in [5, 5.41) is 10.8. The standard InChI is InChI=1S/C23H14BrFO4/c1-2-11-3-5-13(28-16-6-4-12(24)9-15(16)25)10-14(11)19-22(26)20-17-7-8-18(29-17)21(20)23(19)27/h3-10,26H,2H2,1H3. The van der Waals surface area contributed by atoms with Crippen LogP contribution in [0.25, 0.3) is 22.5 Å². The number of aliphatic hydroxyl groups excluding tert-OH is 1. The second-order valence-electron chi connectivity index (χ2n) is 6.82. The summed E-state index contributed by atoms with van der Waals surface area (Å²) in [5.74, 6) is -0.444. The summed E-state index contributed by atoms with van der Waals surface area (Å²) < 4.78 is 26.0. The van der Waals surface area contributed by atoms with Crippen LogP contribution in [0.5, 0.6) is 11.5 Å². The molecule has 4 aromatic rings. The number of furan rings is 2. The average molecular weight is 453 g/mol. The highest BCUT2D eigenvalue weighted by Crippen LogP contribution is 2.45. The van der Waals surface area contributed by atoms with E-state index in [9.17, 15) is 14.3 Å². The minimum Gasteiger partial charge on any atom is -0.506 e. The smallest absolute Gasteiger partial charge is 0.202 e. The van der Waals surface area contributed by atoms with E-state index in [1.54, 1.807) is 30.3 Å². The monoisotopic (exact) mass is 452 g/mol. The summed E-state index contributed by atoms with van der Waals surface area (Å²) in [4.78, 5) is 13.1. The first-order valence-corrected chi connectivity index (χ1v) is 9.86. The van der Waals surface area contributed by atoms with Gasteiger partial charge in [0.15, 0.2) is 11.6 Å². The largest absolute Gasteiger partial charge is 0.506 e. The third kappa shape index (κ3) is 2.67. The number of benzene rings is 3. The molecule has 1 N–H and O–H groups in total. The number of hydrogen-bond acceptors (Lipinski definition) is 4. The van der Waals surface area contributed by atoms with E-state index < -0.39 is 5.82 Å². The Kier molecular flexibility index (Phi) is 3.99. The summed E-state index contributed by atoms with van der Waals surface area (Å²) in [6.07, 6.45) is 0.652. The zero-order valence-electron chi connectivity index (χ0n) is 15.3. The lowest BCUT2D eigenvalue weighted by Crippen LogP contribution is -2.02. The van der Waals surface area contributed by atoms with E-state index in [0.29, 0.717) is 44.5 Å². The summed E-state index contributed by atoms with van der Waals surface area (Å²) in [5.41, 5.74) is 3.44. The summed E-state index contributed by atoms with van der Waals surface area (Å²) in [6, 6.07) is 13.2. The van der Waals surface area contributed by atoms with Gasteiger partial charge in [-0.1, -0.05) is 28.9 Å². The van der Waals surface area contributed by atoms with E-state index >= 15 is 0 Å². The van der Waals surface area contributed by atoms with Crippen LogP contribution in [0.3, 0.4) is 0 Å². The third-order valence-electron chi connectivity index (χ3n) is 5.13. The molecule has 0 spiro atoms. The van der Waals surface area contributed by atoms with Crippen molar-refractivity contribution in [3.8, 4) is 11.5 Å². The predicted molar refractivity (Wildman–Crippen MR) is 111 cm³/mol. The fourth-order valence-electron chi connectivity index (χ4n) is 3.77. The highest BCUT2D eigenvalue weighted by molar-refractivity contribution is 9.10. The second kappa shape index (κ2) is 6.46. The van der Waals surface area contributed by atoms with Gasteiger partial charge in [0.1, 0.15) is 22.7 Å². The molecule has 4 nitrogen and oxygen atoms in total. The number of aryl methyl sites for hydroxylation is 1. The van der Waals surface area contributed by atoms with Crippen LogP contribution in [0.4, 0.5) is 4.39 Å². The van der Waals surface area contributed by atoms with Gasteiger partial charge < -0.3 is 14.3 Å². The van der Waals surface area contributed by atoms with E-state index in [-0.39, 0.29) is 22.9 Å². The van der Waals surface area contributed by atoms with Gasteiger partial charge in [-0.3, -0.25) is 4.79 Å². The molecule has 0 fully saturated rings. The molecule has 5 rings (SSSR count). The van der Waals surface area contributed by atoms with Gasteiger partial charge in [0.05, 0.1) is 16.7 Å². The molecule has 2 aromatic carbocycles. The van der Waals surface area contributed by atoms with Crippen LogP contribution in [-0.4, -0.2) is 10.9 Å². The number of hydrogen-bond donors (Lipinski definition) is 1. The predicted octanol–water partition coefficient (Wildman–Crippen LogP) is 6.75. The molecule has 6 heteroatoms. The van der Waals surface area contributed by atoms with E-state index in [4.69, 9.17) is 9.15 Å². The Balaban J connectivity index is 1.61. The fraction of sp³-hybridized carbons (Fsp3) is 0.0870. The van der Waals surface area contributed by atoms with E-state index in [2.05, 4.69) is 15.9 Å². The normalized spacial score (nSPS) is 13.6. The first-order valence-electron chi connectivity index (χ1n) is 9.07. The van der Waals surface area contributed by atoms with Gasteiger partial charge in [-0.15, -0.1) is 0 Å². The number of ether oxygens (including phenoxy) is 1. The first kappa shape index (κ1) is 17.9. The molecule has 0 atom stereocenters. The van der Waals surface area contributed by atoms with Crippen molar-refractivity contribution in [2.45, 2.75) is 13.3 Å². The number of ketones is 1. The number of rotatable bonds is 4. The maximum Gasteiger partial charge on any atom is 0.202 e. The Labute approximate surface area is 173 Å². The Morgan fingerprint density at radius 2 is 1.83 bits per heavy atom. The van der Waals surface area contributed by atoms with Crippen LogP contribution in [-0.2, 0) is 6.42 Å². The number of halogens is 2. The average Bonchev–Trinajstić information content (AvgIpc) is 3.38. The zero-order chi connectivity index (χ0) is 20.3. The van der Waals surface area contributed by atoms with E-state index in [0.717, 1.165) is 5.56 Å². The highest BCUT2D eigenvalue weighted by Gasteiger charge is 2.37. The lowest BCUT2D eigenvalue weighted by molar-refractivity contribution is 0.106. The molecule has 0 unspecified atom stereocenters. The minimum atomic E-state index is -0.507. The van der Waals surface area contributed by atoms with Crippen molar-refractivity contribution in [1.82, 2.24) is 0 Å². The molecule has 0 amide bonds. The molecule has 144 valence electrons. The number of fused-ring (bicyclic) bond motifs is 5. The van der Waals surface area contributed by atoms with Crippen molar-refractivity contribution in [1.29, 1.82) is 0 Å². The second-order valence-corrected chi connectivity index (χ2v) is 7.73. The SMILES string of the molecule is CCc1ccc(Oc2ccc(Br)cc2F)cc1C1=C(O)c2c(c3ccc2o3)C1=O. The summed E-state index contributed by atoms with van der Waals surface area (Å²) in [6.45, 7) is 1.96. The molecular formula is C23H14BrFO4. The van der Waals surface area contributed by atoms with Crippen LogP contribution in [0.2, 0.25) is 0 Å². The quantitative estimate of drug-likeness (QED) is 0.372. The lowest BCUT2D eigenvalue weighted by atomic mass is 9.95. The van der Waals surface area contributed by atoms with Crippen LogP contribution in [0.1, 0.15) is 34.0 Å². The van der Waals surface area contributed by atoms with Crippen molar-refractivity contribution in [2.24, 2.45) is 0 Å². The third-order valence-corrected chi connectivity index (χ3v) is 5.62. The molecule has 0 radical (unpaired) electrons. The summed E-state index contributed by atoms with van der Waals surface area (Å²) in [7, 11) is 0. The molecule has 1 aliphatic carbocycles. The first-order chi connectivity index (χ1) is 14.0. The van der Waals surface area contributed by atoms with Crippen LogP contribution >= 0.6 is 15.9 Å². The number of carbonyl (C=O) groups is 1. The molecule has 1 aliphatic rings. The molecule has 0 saturated carbocycles. The molecule has 0 aliphatic heterocycles.